The molecule has 1 heterocycles. The Bertz CT molecular complexity index is 1040. The van der Waals surface area contributed by atoms with Crippen LogP contribution in [0.4, 0.5) is 0 Å². The van der Waals surface area contributed by atoms with Gasteiger partial charge in [0.2, 0.25) is 0 Å². The molecule has 0 spiro atoms. The molecule has 0 radical (unpaired) electrons. The van der Waals surface area contributed by atoms with Gasteiger partial charge in [-0.2, -0.15) is 0 Å². The summed E-state index contributed by atoms with van der Waals surface area (Å²) in [5, 5.41) is 0. The molecule has 30 heavy (non-hydrogen) atoms. The van der Waals surface area contributed by atoms with Crippen LogP contribution in [-0.2, 0) is 38.5 Å². The van der Waals surface area contributed by atoms with Crippen molar-refractivity contribution >= 4 is 11.0 Å². The van der Waals surface area contributed by atoms with Crippen LogP contribution < -0.4 is 0 Å². The van der Waals surface area contributed by atoms with E-state index in [1.54, 1.807) is 0 Å². The van der Waals surface area contributed by atoms with Crippen molar-refractivity contribution < 1.29 is 0 Å². The van der Waals surface area contributed by atoms with E-state index in [1.165, 1.54) is 47.9 Å². The van der Waals surface area contributed by atoms with Gasteiger partial charge in [0.05, 0.1) is 22.4 Å². The normalized spacial score (nSPS) is 14.9. The van der Waals surface area contributed by atoms with Crippen molar-refractivity contribution in [3.05, 3.63) is 106 Å². The number of nitrogens with zero attached hydrogens (tertiary/aromatic N) is 2. The number of rotatable bonds is 0. The number of hydrogen-bond acceptors (Lipinski definition) is 2. The number of fused-ring (bicyclic) bond motifs is 1. The monoisotopic (exact) mass is 392 g/mol. The second-order valence-corrected chi connectivity index (χ2v) is 8.45. The lowest BCUT2D eigenvalue weighted by Crippen LogP contribution is -2.06. The topological polar surface area (TPSA) is 25.8 Å². The average Bonchev–Trinajstić information content (AvgIpc) is 2.80. The van der Waals surface area contributed by atoms with Crippen molar-refractivity contribution in [2.75, 3.05) is 0 Å². The van der Waals surface area contributed by atoms with E-state index in [0.717, 1.165) is 48.1 Å². The fourth-order valence-electron chi connectivity index (χ4n) is 4.40. The lowest BCUT2D eigenvalue weighted by atomic mass is 9.98. The van der Waals surface area contributed by atoms with E-state index in [0.29, 0.717) is 0 Å². The van der Waals surface area contributed by atoms with Gasteiger partial charge in [0.15, 0.2) is 0 Å². The van der Waals surface area contributed by atoms with Gasteiger partial charge in [-0.25, -0.2) is 9.97 Å². The Morgan fingerprint density at radius 3 is 1.17 bits per heavy atom. The van der Waals surface area contributed by atoms with Gasteiger partial charge >= 0.3 is 0 Å². The highest BCUT2D eigenvalue weighted by atomic mass is 14.8. The van der Waals surface area contributed by atoms with Gasteiger partial charge in [0.25, 0.3) is 0 Å². The molecule has 3 aromatic carbocycles. The van der Waals surface area contributed by atoms with E-state index in [2.05, 4.69) is 60.7 Å². The van der Waals surface area contributed by atoms with Gasteiger partial charge in [0, 0.05) is 0 Å². The summed E-state index contributed by atoms with van der Waals surface area (Å²) >= 11 is 0. The van der Waals surface area contributed by atoms with Gasteiger partial charge in [-0.1, -0.05) is 60.7 Å². The Morgan fingerprint density at radius 1 is 0.400 bits per heavy atom. The molecule has 2 heteroatoms. The molecule has 0 amide bonds. The van der Waals surface area contributed by atoms with Crippen molar-refractivity contribution in [1.82, 2.24) is 9.97 Å². The van der Waals surface area contributed by atoms with Gasteiger partial charge in [-0.05, 0) is 85.8 Å². The standard InChI is InChI=1S/C28H28N2/c1-2-6-22-11-15-24(16-12-22)18-20-28-27(29-25-7-3-4-8-26(25)30-28)19-17-23-13-9-21(5-1)10-14-23/h3-4,7-16H,1-2,5-6,17-20H2. The quantitative estimate of drug-likeness (QED) is 0.362. The summed E-state index contributed by atoms with van der Waals surface area (Å²) in [6.07, 6.45) is 8.71. The number of aryl methyl sites for hydroxylation is 6. The third kappa shape index (κ3) is 4.43. The molecule has 150 valence electrons. The van der Waals surface area contributed by atoms with Crippen LogP contribution in [0.2, 0.25) is 0 Å². The average molecular weight is 393 g/mol. The Morgan fingerprint density at radius 2 is 0.767 bits per heavy atom. The van der Waals surface area contributed by atoms with Crippen LogP contribution in [0.5, 0.6) is 0 Å². The Labute approximate surface area is 179 Å². The smallest absolute Gasteiger partial charge is 0.0890 e. The van der Waals surface area contributed by atoms with Gasteiger partial charge < -0.3 is 0 Å². The zero-order chi connectivity index (χ0) is 20.2. The summed E-state index contributed by atoms with van der Waals surface area (Å²) in [6.45, 7) is 0. The highest BCUT2D eigenvalue weighted by Crippen LogP contribution is 2.19. The van der Waals surface area contributed by atoms with E-state index < -0.39 is 0 Å². The second-order valence-electron chi connectivity index (χ2n) is 8.45. The van der Waals surface area contributed by atoms with E-state index in [-0.39, 0.29) is 0 Å². The number of hydrogen-bond donors (Lipinski definition) is 0. The van der Waals surface area contributed by atoms with Crippen molar-refractivity contribution in [1.29, 1.82) is 0 Å². The summed E-state index contributed by atoms with van der Waals surface area (Å²) < 4.78 is 0. The molecular weight excluding hydrogens is 364 g/mol. The number of para-hydroxylation sites is 2. The first-order valence-electron chi connectivity index (χ1n) is 11.2. The second kappa shape index (κ2) is 8.79. The number of benzene rings is 3. The third-order valence-electron chi connectivity index (χ3n) is 6.25. The first-order chi connectivity index (χ1) is 14.8. The molecule has 4 aromatic rings. The van der Waals surface area contributed by atoms with Crippen molar-refractivity contribution in [3.8, 4) is 0 Å². The molecule has 4 bridgehead atoms. The minimum atomic E-state index is 0.936. The molecule has 0 unspecified atom stereocenters. The van der Waals surface area contributed by atoms with Gasteiger partial charge in [-0.3, -0.25) is 0 Å². The van der Waals surface area contributed by atoms with E-state index in [9.17, 15) is 0 Å². The molecule has 0 fully saturated rings. The van der Waals surface area contributed by atoms with Crippen LogP contribution in [0, 0.1) is 0 Å². The van der Waals surface area contributed by atoms with Crippen LogP contribution in [-0.4, -0.2) is 9.97 Å². The van der Waals surface area contributed by atoms with Crippen LogP contribution in [0.1, 0.15) is 46.5 Å². The minimum absolute atomic E-state index is 0.936. The zero-order valence-electron chi connectivity index (χ0n) is 17.5. The van der Waals surface area contributed by atoms with E-state index in [1.807, 2.05) is 12.1 Å². The Kier molecular flexibility index (Phi) is 5.56. The predicted molar refractivity (Wildman–Crippen MR) is 124 cm³/mol. The molecule has 4 aliphatic carbocycles. The van der Waals surface area contributed by atoms with E-state index >= 15 is 0 Å². The zero-order valence-corrected chi connectivity index (χ0v) is 17.5. The maximum Gasteiger partial charge on any atom is 0.0890 e. The van der Waals surface area contributed by atoms with Gasteiger partial charge in [-0.15, -0.1) is 0 Å². The minimum Gasteiger partial charge on any atom is -0.249 e. The van der Waals surface area contributed by atoms with Gasteiger partial charge in [0.1, 0.15) is 0 Å². The molecule has 0 aliphatic heterocycles. The molecular formula is C28H28N2. The molecule has 0 saturated heterocycles. The molecule has 1 aromatic heterocycles. The molecule has 0 saturated carbocycles. The van der Waals surface area contributed by atoms with E-state index in [4.69, 9.17) is 9.97 Å². The van der Waals surface area contributed by atoms with Crippen LogP contribution in [0.3, 0.4) is 0 Å². The molecule has 4 aliphatic rings. The number of aromatic nitrogens is 2. The van der Waals surface area contributed by atoms with Crippen LogP contribution in [0.15, 0.2) is 72.8 Å². The fraction of sp³-hybridized carbons (Fsp3) is 0.286. The summed E-state index contributed by atoms with van der Waals surface area (Å²) in [5.74, 6) is 0. The molecule has 0 N–H and O–H groups in total. The van der Waals surface area contributed by atoms with Crippen LogP contribution in [0.25, 0.3) is 11.0 Å². The van der Waals surface area contributed by atoms with Crippen molar-refractivity contribution in [2.24, 2.45) is 0 Å². The maximum absolute atomic E-state index is 5.01. The van der Waals surface area contributed by atoms with Crippen molar-refractivity contribution in [3.63, 3.8) is 0 Å². The maximum atomic E-state index is 5.01. The lowest BCUT2D eigenvalue weighted by Gasteiger charge is -2.12. The summed E-state index contributed by atoms with van der Waals surface area (Å²) in [5.41, 5.74) is 9.95. The predicted octanol–water partition coefficient (Wildman–Crippen LogP) is 6.08. The van der Waals surface area contributed by atoms with Crippen molar-refractivity contribution in [2.45, 2.75) is 51.4 Å². The fourth-order valence-corrected chi connectivity index (χ4v) is 4.40. The first kappa shape index (κ1) is 19.0. The third-order valence-corrected chi connectivity index (χ3v) is 6.25. The summed E-state index contributed by atoms with van der Waals surface area (Å²) in [4.78, 5) is 10.0. The lowest BCUT2D eigenvalue weighted by molar-refractivity contribution is 0.733. The highest BCUT2D eigenvalue weighted by Gasteiger charge is 2.10. The molecule has 0 atom stereocenters. The SMILES string of the molecule is c1ccc2nc3c(nc2c1)CCc1ccc(cc1)CCCCc1ccc(cc1)CC3. The molecule has 2 nitrogen and oxygen atoms in total. The summed E-state index contributed by atoms with van der Waals surface area (Å²) in [7, 11) is 0. The first-order valence-corrected chi connectivity index (χ1v) is 11.2. The van der Waals surface area contributed by atoms with Crippen LogP contribution >= 0.6 is 0 Å². The Balaban J connectivity index is 1.49. The largest absolute Gasteiger partial charge is 0.249 e. The Hall–Kier alpha value is -3.00. The molecule has 8 rings (SSSR count). The highest BCUT2D eigenvalue weighted by molar-refractivity contribution is 5.74. The summed E-state index contributed by atoms with van der Waals surface area (Å²) in [6, 6.07) is 26.6.